The van der Waals surface area contributed by atoms with Gasteiger partial charge in [0.05, 0.1) is 11.2 Å². The first-order valence-electron chi connectivity index (χ1n) is 12.5. The van der Waals surface area contributed by atoms with Crippen molar-refractivity contribution < 1.29 is 9.31 Å². The fourth-order valence-electron chi connectivity index (χ4n) is 5.57. The van der Waals surface area contributed by atoms with Gasteiger partial charge in [-0.2, -0.15) is 0 Å². The van der Waals surface area contributed by atoms with Crippen molar-refractivity contribution in [2.75, 3.05) is 0 Å². The Hall–Kier alpha value is -2.92. The molecule has 35 heavy (non-hydrogen) atoms. The second kappa shape index (κ2) is 7.79. The molecule has 1 unspecified atom stereocenters. The van der Waals surface area contributed by atoms with Crippen molar-refractivity contribution >= 4 is 36.2 Å². The monoisotopic (exact) mass is 474 g/mol. The number of benzene rings is 4. The van der Waals surface area contributed by atoms with E-state index in [0.717, 1.165) is 5.46 Å². The molecular weight excluding hydrogens is 443 g/mol. The molecule has 0 N–H and O–H groups in total. The van der Waals surface area contributed by atoms with Gasteiger partial charge in [0.25, 0.3) is 0 Å². The highest BCUT2D eigenvalue weighted by Crippen LogP contribution is 2.37. The first-order chi connectivity index (χ1) is 16.7. The second-order valence-electron chi connectivity index (χ2n) is 11.0. The predicted octanol–water partition coefficient (Wildman–Crippen LogP) is 4.73. The van der Waals surface area contributed by atoms with Gasteiger partial charge >= 0.3 is 7.12 Å². The maximum atomic E-state index is 6.25. The lowest BCUT2D eigenvalue weighted by molar-refractivity contribution is 0.00578. The van der Waals surface area contributed by atoms with E-state index < -0.39 is 8.07 Å². The summed E-state index contributed by atoms with van der Waals surface area (Å²) in [6.45, 7) is 10.9. The zero-order valence-electron chi connectivity index (χ0n) is 21.1. The molecule has 2 aliphatic heterocycles. The maximum absolute atomic E-state index is 6.25. The zero-order valence-corrected chi connectivity index (χ0v) is 22.1. The van der Waals surface area contributed by atoms with Crippen LogP contribution < -0.4 is 21.0 Å². The summed E-state index contributed by atoms with van der Waals surface area (Å²) in [6.07, 6.45) is 0. The lowest BCUT2D eigenvalue weighted by atomic mass is 9.78. The molecule has 4 aromatic rings. The minimum Gasteiger partial charge on any atom is -0.399 e. The molecule has 0 bridgehead atoms. The van der Waals surface area contributed by atoms with Crippen molar-refractivity contribution in [1.82, 2.24) is 0 Å². The largest absolute Gasteiger partial charge is 0.494 e. The van der Waals surface area contributed by atoms with E-state index in [4.69, 9.17) is 9.31 Å². The van der Waals surface area contributed by atoms with Crippen LogP contribution in [-0.4, -0.2) is 26.4 Å². The topological polar surface area (TPSA) is 18.5 Å². The van der Waals surface area contributed by atoms with E-state index in [2.05, 4.69) is 131 Å². The normalized spacial score (nSPS) is 21.6. The molecule has 1 saturated heterocycles. The van der Waals surface area contributed by atoms with Crippen molar-refractivity contribution in [1.29, 1.82) is 0 Å². The number of fused-ring (bicyclic) bond motifs is 3. The molecule has 2 nitrogen and oxygen atoms in total. The third-order valence-corrected chi connectivity index (χ3v) is 12.9. The van der Waals surface area contributed by atoms with Crippen LogP contribution in [0.2, 0.25) is 6.55 Å². The van der Waals surface area contributed by atoms with Gasteiger partial charge in [-0.3, -0.25) is 0 Å². The molecule has 2 aliphatic rings. The highest BCUT2D eigenvalue weighted by atomic mass is 28.3. The maximum Gasteiger partial charge on any atom is 0.494 e. The van der Waals surface area contributed by atoms with Crippen LogP contribution in [0.5, 0.6) is 0 Å². The average molecular weight is 474 g/mol. The molecule has 0 radical (unpaired) electrons. The molecule has 174 valence electrons. The summed E-state index contributed by atoms with van der Waals surface area (Å²) in [4.78, 5) is 0. The van der Waals surface area contributed by atoms with Crippen molar-refractivity contribution in [2.24, 2.45) is 0 Å². The Morgan fingerprint density at radius 1 is 0.600 bits per heavy atom. The fraction of sp³-hybridized carbons (Fsp3) is 0.226. The lowest BCUT2D eigenvalue weighted by Gasteiger charge is -2.32. The molecule has 0 saturated carbocycles. The van der Waals surface area contributed by atoms with Crippen molar-refractivity contribution in [2.45, 2.75) is 45.4 Å². The minimum absolute atomic E-state index is 0.335. The van der Waals surface area contributed by atoms with Gasteiger partial charge in [0.2, 0.25) is 0 Å². The van der Waals surface area contributed by atoms with Crippen molar-refractivity contribution in [3.8, 4) is 22.3 Å². The van der Waals surface area contributed by atoms with E-state index in [-0.39, 0.29) is 18.3 Å². The Bertz CT molecular complexity index is 1400. The van der Waals surface area contributed by atoms with Gasteiger partial charge in [0, 0.05) is 0 Å². The van der Waals surface area contributed by atoms with Crippen molar-refractivity contribution in [3.05, 3.63) is 97.1 Å². The van der Waals surface area contributed by atoms with Gasteiger partial charge in [0.1, 0.15) is 8.07 Å². The van der Waals surface area contributed by atoms with Crippen molar-refractivity contribution in [3.63, 3.8) is 0 Å². The number of hydrogen-bond acceptors (Lipinski definition) is 2. The van der Waals surface area contributed by atoms with Crippen LogP contribution >= 0.6 is 0 Å². The first-order valence-corrected chi connectivity index (χ1v) is 15.0. The Kier molecular flexibility index (Phi) is 5.02. The third kappa shape index (κ3) is 3.39. The molecular formula is C31H31BO2Si. The molecule has 6 rings (SSSR count). The summed E-state index contributed by atoms with van der Waals surface area (Å²) in [5.74, 6) is 0. The van der Waals surface area contributed by atoms with Crippen LogP contribution in [0.3, 0.4) is 0 Å². The fourth-order valence-corrected chi connectivity index (χ4v) is 9.72. The molecule has 0 aromatic heterocycles. The number of hydrogen-bond donors (Lipinski definition) is 0. The van der Waals surface area contributed by atoms with Gasteiger partial charge in [-0.25, -0.2) is 0 Å². The molecule has 0 aliphatic carbocycles. The van der Waals surface area contributed by atoms with Crippen LogP contribution in [0.25, 0.3) is 22.3 Å². The molecule has 4 aromatic carbocycles. The van der Waals surface area contributed by atoms with Crippen LogP contribution in [0.15, 0.2) is 97.1 Å². The molecule has 1 atom stereocenters. The van der Waals surface area contributed by atoms with E-state index in [9.17, 15) is 0 Å². The van der Waals surface area contributed by atoms with Crippen LogP contribution in [0, 0.1) is 0 Å². The Balaban J connectivity index is 1.39. The van der Waals surface area contributed by atoms with E-state index in [1.54, 1.807) is 0 Å². The van der Waals surface area contributed by atoms with Gasteiger partial charge in [-0.05, 0) is 71.0 Å². The van der Waals surface area contributed by atoms with Crippen LogP contribution in [0.1, 0.15) is 27.7 Å². The summed E-state index contributed by atoms with van der Waals surface area (Å²) in [5.41, 5.74) is 5.64. The molecule has 0 spiro atoms. The minimum atomic E-state index is -2.07. The van der Waals surface area contributed by atoms with E-state index in [1.165, 1.54) is 37.8 Å². The van der Waals surface area contributed by atoms with Crippen LogP contribution in [-0.2, 0) is 9.31 Å². The molecule has 1 fully saturated rings. The number of rotatable bonds is 3. The Morgan fingerprint density at radius 2 is 1.17 bits per heavy atom. The second-order valence-corrected chi connectivity index (χ2v) is 14.9. The Labute approximate surface area is 210 Å². The average Bonchev–Trinajstić information content (AvgIpc) is 3.26. The van der Waals surface area contributed by atoms with Gasteiger partial charge in [-0.15, -0.1) is 0 Å². The summed E-state index contributed by atoms with van der Waals surface area (Å²) < 4.78 is 12.5. The summed E-state index contributed by atoms with van der Waals surface area (Å²) in [5, 5.41) is 4.46. The smallest absolute Gasteiger partial charge is 0.399 e. The Morgan fingerprint density at radius 3 is 1.86 bits per heavy atom. The highest BCUT2D eigenvalue weighted by molar-refractivity contribution is 7.13. The van der Waals surface area contributed by atoms with Gasteiger partial charge in [0.15, 0.2) is 0 Å². The van der Waals surface area contributed by atoms with E-state index >= 15 is 0 Å². The molecule has 0 amide bonds. The van der Waals surface area contributed by atoms with Crippen LogP contribution in [0.4, 0.5) is 0 Å². The van der Waals surface area contributed by atoms with Gasteiger partial charge in [-0.1, -0.05) is 104 Å². The van der Waals surface area contributed by atoms with E-state index in [1.807, 2.05) is 0 Å². The SMILES string of the molecule is CC1(C)OB(c2ccc(-c3ccc4c(c3)[Si](C)(c3ccccc3)c3ccccc3-4)cc2)OC1(C)C. The third-order valence-electron chi connectivity index (χ3n) is 8.43. The first kappa shape index (κ1) is 22.5. The lowest BCUT2D eigenvalue weighted by Crippen LogP contribution is -2.62. The molecule has 4 heteroatoms. The highest BCUT2D eigenvalue weighted by Gasteiger charge is 2.51. The predicted molar refractivity (Wildman–Crippen MR) is 150 cm³/mol. The van der Waals surface area contributed by atoms with E-state index in [0.29, 0.717) is 0 Å². The quantitative estimate of drug-likeness (QED) is 0.400. The molecule has 2 heterocycles. The van der Waals surface area contributed by atoms with Gasteiger partial charge < -0.3 is 9.31 Å². The zero-order chi connectivity index (χ0) is 24.4. The summed E-state index contributed by atoms with van der Waals surface area (Å²) in [6, 6.07) is 35.8. The standard InChI is InChI=1S/C31H31BO2Si/c1-30(2)31(3,4)34-32(33-30)24-18-15-22(16-19-24)23-17-20-27-26-13-9-10-14-28(26)35(5,29(27)21-23)25-11-7-6-8-12-25/h6-21H,1-5H3. The summed E-state index contributed by atoms with van der Waals surface area (Å²) in [7, 11) is -2.41. The summed E-state index contributed by atoms with van der Waals surface area (Å²) >= 11 is 0.